The Morgan fingerprint density at radius 1 is 1.11 bits per heavy atom. The van der Waals surface area contributed by atoms with Crippen molar-refractivity contribution in [1.29, 1.82) is 0 Å². The normalized spacial score (nSPS) is 19.6. The quantitative estimate of drug-likeness (QED) is 0.808. The molecule has 1 aromatic rings. The number of benzene rings is 1. The molecule has 0 aromatic heterocycles. The molecule has 0 aliphatic carbocycles. The summed E-state index contributed by atoms with van der Waals surface area (Å²) in [5.74, 6) is 0.345. The van der Waals surface area contributed by atoms with E-state index < -0.39 is 9.84 Å². The van der Waals surface area contributed by atoms with Crippen LogP contribution in [0.15, 0.2) is 12.1 Å². The maximum atomic E-state index is 11.6. The van der Waals surface area contributed by atoms with Crippen molar-refractivity contribution in [3.63, 3.8) is 0 Å². The number of sulfone groups is 1. The molecule has 1 aromatic carbocycles. The summed E-state index contributed by atoms with van der Waals surface area (Å²) in [5, 5.41) is 0.915. The molecule has 0 amide bonds. The number of nitrogens with two attached hydrogens (primary N) is 1. The lowest BCUT2D eigenvalue weighted by Crippen LogP contribution is -2.27. The van der Waals surface area contributed by atoms with E-state index in [0.717, 1.165) is 0 Å². The van der Waals surface area contributed by atoms with Crippen molar-refractivity contribution >= 4 is 44.4 Å². The lowest BCUT2D eigenvalue weighted by Gasteiger charge is -2.24. The van der Waals surface area contributed by atoms with Gasteiger partial charge in [-0.3, -0.25) is 0 Å². The summed E-state index contributed by atoms with van der Waals surface area (Å²) in [6, 6.07) is 3.25. The number of anilines is 2. The van der Waals surface area contributed by atoms with Crippen LogP contribution >= 0.6 is 23.2 Å². The van der Waals surface area contributed by atoms with Crippen LogP contribution in [0.2, 0.25) is 10.0 Å². The van der Waals surface area contributed by atoms with Gasteiger partial charge in [-0.05, 0) is 18.6 Å². The molecule has 1 aliphatic rings. The molecule has 18 heavy (non-hydrogen) atoms. The molecule has 1 saturated heterocycles. The van der Waals surface area contributed by atoms with E-state index in [0.29, 0.717) is 40.9 Å². The number of rotatable bonds is 1. The van der Waals surface area contributed by atoms with Crippen LogP contribution in [0, 0.1) is 0 Å². The van der Waals surface area contributed by atoms with Gasteiger partial charge in [-0.2, -0.15) is 0 Å². The third-order valence-electron chi connectivity index (χ3n) is 2.91. The lowest BCUT2D eigenvalue weighted by atomic mass is 10.2. The average molecular weight is 309 g/mol. The van der Waals surface area contributed by atoms with Crippen molar-refractivity contribution in [1.82, 2.24) is 0 Å². The second-order valence-electron chi connectivity index (χ2n) is 4.33. The molecule has 4 nitrogen and oxygen atoms in total. The molecule has 100 valence electrons. The van der Waals surface area contributed by atoms with E-state index in [2.05, 4.69) is 0 Å². The molecule has 1 aliphatic heterocycles. The zero-order valence-corrected chi connectivity index (χ0v) is 12.0. The van der Waals surface area contributed by atoms with Crippen LogP contribution in [0.3, 0.4) is 0 Å². The third-order valence-corrected chi connectivity index (χ3v) is 5.20. The van der Waals surface area contributed by atoms with E-state index in [-0.39, 0.29) is 11.5 Å². The van der Waals surface area contributed by atoms with Gasteiger partial charge in [0.2, 0.25) is 0 Å². The Morgan fingerprint density at radius 3 is 2.33 bits per heavy atom. The summed E-state index contributed by atoms with van der Waals surface area (Å²) < 4.78 is 23.1. The fourth-order valence-corrected chi connectivity index (χ4v) is 4.06. The van der Waals surface area contributed by atoms with Crippen molar-refractivity contribution < 1.29 is 8.42 Å². The van der Waals surface area contributed by atoms with Crippen LogP contribution in [-0.4, -0.2) is 33.0 Å². The maximum absolute atomic E-state index is 11.6. The van der Waals surface area contributed by atoms with Crippen molar-refractivity contribution in [3.8, 4) is 0 Å². The number of hydrogen-bond donors (Lipinski definition) is 1. The van der Waals surface area contributed by atoms with Crippen LogP contribution < -0.4 is 10.6 Å². The van der Waals surface area contributed by atoms with Gasteiger partial charge in [-0.15, -0.1) is 0 Å². The number of halogens is 2. The van der Waals surface area contributed by atoms with Gasteiger partial charge >= 0.3 is 0 Å². The van der Waals surface area contributed by atoms with E-state index in [1.54, 1.807) is 12.1 Å². The van der Waals surface area contributed by atoms with E-state index in [4.69, 9.17) is 28.9 Å². The summed E-state index contributed by atoms with van der Waals surface area (Å²) in [6.45, 7) is 1.04. The van der Waals surface area contributed by atoms with E-state index in [1.807, 2.05) is 4.90 Å². The van der Waals surface area contributed by atoms with Crippen LogP contribution in [0.5, 0.6) is 0 Å². The van der Waals surface area contributed by atoms with E-state index in [1.165, 1.54) is 0 Å². The Hall–Kier alpha value is -0.650. The summed E-state index contributed by atoms with van der Waals surface area (Å²) in [6.07, 6.45) is 0.583. The highest BCUT2D eigenvalue weighted by Crippen LogP contribution is 2.36. The van der Waals surface area contributed by atoms with Crippen molar-refractivity contribution in [3.05, 3.63) is 22.2 Å². The first-order valence-corrected chi connectivity index (χ1v) is 8.17. The fourth-order valence-electron chi connectivity index (χ4n) is 2.05. The maximum Gasteiger partial charge on any atom is 0.152 e. The monoisotopic (exact) mass is 308 g/mol. The molecule has 0 saturated carbocycles. The molecule has 0 unspecified atom stereocenters. The first kappa shape index (κ1) is 13.8. The van der Waals surface area contributed by atoms with Gasteiger partial charge in [-0.25, -0.2) is 8.42 Å². The second-order valence-corrected chi connectivity index (χ2v) is 7.44. The Kier molecular flexibility index (Phi) is 3.94. The average Bonchev–Trinajstić information content (AvgIpc) is 2.39. The molecule has 7 heteroatoms. The summed E-state index contributed by atoms with van der Waals surface area (Å²) in [5.41, 5.74) is 6.82. The fraction of sp³-hybridized carbons (Fsp3) is 0.455. The minimum atomic E-state index is -2.95. The molecule has 0 bridgehead atoms. The first-order chi connectivity index (χ1) is 8.39. The smallest absolute Gasteiger partial charge is 0.152 e. The molecule has 2 N–H and O–H groups in total. The molecular formula is C11H14Cl2N2O2S. The minimum absolute atomic E-state index is 0.129. The van der Waals surface area contributed by atoms with Crippen LogP contribution in [-0.2, 0) is 9.84 Å². The van der Waals surface area contributed by atoms with E-state index >= 15 is 0 Å². The number of nitrogen functional groups attached to an aromatic ring is 1. The summed E-state index contributed by atoms with van der Waals surface area (Å²) in [7, 11) is -2.95. The van der Waals surface area contributed by atoms with Gasteiger partial charge in [0.25, 0.3) is 0 Å². The highest BCUT2D eigenvalue weighted by Gasteiger charge is 2.22. The van der Waals surface area contributed by atoms with Gasteiger partial charge in [0.05, 0.1) is 27.2 Å². The highest BCUT2D eigenvalue weighted by atomic mass is 35.5. The second kappa shape index (κ2) is 5.15. The van der Waals surface area contributed by atoms with Gasteiger partial charge in [0, 0.05) is 18.8 Å². The highest BCUT2D eigenvalue weighted by molar-refractivity contribution is 7.91. The Balaban J connectivity index is 2.32. The molecule has 0 radical (unpaired) electrons. The summed E-state index contributed by atoms with van der Waals surface area (Å²) in [4.78, 5) is 1.91. The van der Waals surface area contributed by atoms with Gasteiger partial charge in [-0.1, -0.05) is 23.2 Å². The van der Waals surface area contributed by atoms with Crippen LogP contribution in [0.25, 0.3) is 0 Å². The largest absolute Gasteiger partial charge is 0.399 e. The lowest BCUT2D eigenvalue weighted by molar-refractivity contribution is 0.597. The Bertz CT molecular complexity index is 537. The van der Waals surface area contributed by atoms with Gasteiger partial charge in [0.1, 0.15) is 0 Å². The molecule has 0 atom stereocenters. The topological polar surface area (TPSA) is 63.4 Å². The Labute approximate surface area is 117 Å². The van der Waals surface area contributed by atoms with Gasteiger partial charge in [0.15, 0.2) is 9.84 Å². The minimum Gasteiger partial charge on any atom is -0.399 e. The molecule has 1 heterocycles. The van der Waals surface area contributed by atoms with Crippen LogP contribution in [0.4, 0.5) is 11.4 Å². The van der Waals surface area contributed by atoms with Gasteiger partial charge < -0.3 is 10.6 Å². The number of hydrogen-bond acceptors (Lipinski definition) is 4. The predicted molar refractivity (Wildman–Crippen MR) is 76.4 cm³/mol. The zero-order chi connectivity index (χ0) is 13.3. The number of nitrogens with zero attached hydrogens (tertiary/aromatic N) is 1. The van der Waals surface area contributed by atoms with Crippen molar-refractivity contribution in [2.75, 3.05) is 35.2 Å². The summed E-state index contributed by atoms with van der Waals surface area (Å²) >= 11 is 12.3. The van der Waals surface area contributed by atoms with Crippen LogP contribution in [0.1, 0.15) is 6.42 Å². The molecule has 0 spiro atoms. The van der Waals surface area contributed by atoms with E-state index in [9.17, 15) is 8.42 Å². The van der Waals surface area contributed by atoms with Crippen molar-refractivity contribution in [2.45, 2.75) is 6.42 Å². The standard InChI is InChI=1S/C11H14Cl2N2O2S/c12-9-6-8(14)7-10(13)11(9)15-2-1-4-18(16,17)5-3-15/h6-7H,1-5,14H2. The molecular weight excluding hydrogens is 295 g/mol. The predicted octanol–water partition coefficient (Wildman–Crippen LogP) is 2.20. The molecule has 1 fully saturated rings. The molecule has 2 rings (SSSR count). The first-order valence-electron chi connectivity index (χ1n) is 5.59. The third kappa shape index (κ3) is 3.02. The SMILES string of the molecule is Nc1cc(Cl)c(N2CCCS(=O)(=O)CC2)c(Cl)c1. The Morgan fingerprint density at radius 2 is 1.72 bits per heavy atom. The van der Waals surface area contributed by atoms with Crippen molar-refractivity contribution in [2.24, 2.45) is 0 Å². The zero-order valence-electron chi connectivity index (χ0n) is 9.70.